The third kappa shape index (κ3) is 3.40. The Hall–Kier alpha value is -2.18. The molecule has 0 saturated carbocycles. The summed E-state index contributed by atoms with van der Waals surface area (Å²) >= 11 is 0. The Morgan fingerprint density at radius 3 is 2.63 bits per heavy atom. The zero-order valence-corrected chi connectivity index (χ0v) is 10.7. The van der Waals surface area contributed by atoms with Crippen molar-refractivity contribution in [2.24, 2.45) is 0 Å². The van der Waals surface area contributed by atoms with E-state index in [0.29, 0.717) is 17.7 Å². The van der Waals surface area contributed by atoms with E-state index in [2.05, 4.69) is 11.4 Å². The van der Waals surface area contributed by atoms with Crippen LogP contribution in [0.5, 0.6) is 0 Å². The molecule has 1 atom stereocenters. The lowest BCUT2D eigenvalue weighted by Gasteiger charge is -2.14. The smallest absolute Gasteiger partial charge is 0.123 e. The van der Waals surface area contributed by atoms with Crippen LogP contribution < -0.4 is 5.32 Å². The van der Waals surface area contributed by atoms with Crippen molar-refractivity contribution in [2.75, 3.05) is 0 Å². The van der Waals surface area contributed by atoms with E-state index in [-0.39, 0.29) is 11.9 Å². The molecule has 1 unspecified atom stereocenters. The fourth-order valence-electron chi connectivity index (χ4n) is 1.94. The lowest BCUT2D eigenvalue weighted by molar-refractivity contribution is 0.568. The van der Waals surface area contributed by atoms with Crippen molar-refractivity contribution in [1.29, 1.82) is 5.26 Å². The van der Waals surface area contributed by atoms with Gasteiger partial charge in [0.1, 0.15) is 5.82 Å². The Morgan fingerprint density at radius 2 is 1.95 bits per heavy atom. The van der Waals surface area contributed by atoms with E-state index in [1.54, 1.807) is 0 Å². The fraction of sp³-hybridized carbons (Fsp3) is 0.188. The number of nitriles is 1. The highest BCUT2D eigenvalue weighted by atomic mass is 19.1. The fourth-order valence-corrected chi connectivity index (χ4v) is 1.94. The highest BCUT2D eigenvalue weighted by molar-refractivity contribution is 5.37. The summed E-state index contributed by atoms with van der Waals surface area (Å²) in [6.07, 6.45) is 0. The standard InChI is InChI=1S/C16H15FN2/c1-12(13-5-3-2-4-6-13)19-11-15-9-16(17)8-7-14(15)10-18/h2-9,12,19H,11H2,1H3. The van der Waals surface area contributed by atoms with Gasteiger partial charge >= 0.3 is 0 Å². The van der Waals surface area contributed by atoms with Crippen LogP contribution in [0.2, 0.25) is 0 Å². The highest BCUT2D eigenvalue weighted by Gasteiger charge is 2.07. The predicted octanol–water partition coefficient (Wildman–Crippen LogP) is 3.55. The molecule has 0 aliphatic rings. The summed E-state index contributed by atoms with van der Waals surface area (Å²) in [5.74, 6) is -0.317. The number of hydrogen-bond acceptors (Lipinski definition) is 2. The molecule has 2 aromatic carbocycles. The van der Waals surface area contributed by atoms with Crippen LogP contribution >= 0.6 is 0 Å². The second kappa shape index (κ2) is 6.12. The van der Waals surface area contributed by atoms with Gasteiger partial charge in [-0.2, -0.15) is 5.26 Å². The van der Waals surface area contributed by atoms with E-state index in [1.807, 2.05) is 37.3 Å². The van der Waals surface area contributed by atoms with E-state index >= 15 is 0 Å². The minimum atomic E-state index is -0.317. The molecule has 2 nitrogen and oxygen atoms in total. The molecule has 0 heterocycles. The average molecular weight is 254 g/mol. The SMILES string of the molecule is CC(NCc1cc(F)ccc1C#N)c1ccccc1. The maximum Gasteiger partial charge on any atom is 0.123 e. The van der Waals surface area contributed by atoms with Gasteiger partial charge in [-0.05, 0) is 36.2 Å². The average Bonchev–Trinajstić information content (AvgIpc) is 2.46. The first kappa shape index (κ1) is 13.3. The maximum absolute atomic E-state index is 13.2. The Bertz CT molecular complexity index is 587. The quantitative estimate of drug-likeness (QED) is 0.905. The van der Waals surface area contributed by atoms with Crippen molar-refractivity contribution in [3.8, 4) is 6.07 Å². The number of nitrogens with one attached hydrogen (secondary N) is 1. The molecule has 0 spiro atoms. The summed E-state index contributed by atoms with van der Waals surface area (Å²) in [5.41, 5.74) is 2.36. The zero-order valence-electron chi connectivity index (χ0n) is 10.7. The second-order valence-corrected chi connectivity index (χ2v) is 4.43. The van der Waals surface area contributed by atoms with Crippen molar-refractivity contribution in [1.82, 2.24) is 5.32 Å². The molecule has 96 valence electrons. The predicted molar refractivity (Wildman–Crippen MR) is 72.8 cm³/mol. The minimum Gasteiger partial charge on any atom is -0.306 e. The molecule has 0 bridgehead atoms. The molecular formula is C16H15FN2. The Kier molecular flexibility index (Phi) is 4.27. The van der Waals surface area contributed by atoms with Crippen LogP contribution in [-0.2, 0) is 6.54 Å². The van der Waals surface area contributed by atoms with Crippen LogP contribution in [0.3, 0.4) is 0 Å². The van der Waals surface area contributed by atoms with E-state index in [4.69, 9.17) is 5.26 Å². The molecule has 0 saturated heterocycles. The van der Waals surface area contributed by atoms with E-state index in [9.17, 15) is 4.39 Å². The van der Waals surface area contributed by atoms with Gasteiger partial charge in [0, 0.05) is 12.6 Å². The minimum absolute atomic E-state index is 0.149. The largest absolute Gasteiger partial charge is 0.306 e. The molecule has 19 heavy (non-hydrogen) atoms. The van der Waals surface area contributed by atoms with Gasteiger partial charge in [0.2, 0.25) is 0 Å². The first-order valence-corrected chi connectivity index (χ1v) is 6.17. The summed E-state index contributed by atoms with van der Waals surface area (Å²) in [7, 11) is 0. The Balaban J connectivity index is 2.07. The summed E-state index contributed by atoms with van der Waals surface area (Å²) in [4.78, 5) is 0. The summed E-state index contributed by atoms with van der Waals surface area (Å²) in [6, 6.07) is 16.5. The monoisotopic (exact) mass is 254 g/mol. The lowest BCUT2D eigenvalue weighted by Crippen LogP contribution is -2.18. The molecule has 2 aromatic rings. The van der Waals surface area contributed by atoms with Gasteiger partial charge in [-0.25, -0.2) is 4.39 Å². The number of nitrogens with zero attached hydrogens (tertiary/aromatic N) is 1. The van der Waals surface area contributed by atoms with Crippen LogP contribution in [0.25, 0.3) is 0 Å². The summed E-state index contributed by atoms with van der Waals surface area (Å²) in [6.45, 7) is 2.51. The van der Waals surface area contributed by atoms with Crippen LogP contribution in [0.4, 0.5) is 4.39 Å². The zero-order chi connectivity index (χ0) is 13.7. The van der Waals surface area contributed by atoms with Crippen molar-refractivity contribution in [3.05, 3.63) is 71.0 Å². The van der Waals surface area contributed by atoms with E-state index in [0.717, 1.165) is 5.56 Å². The molecule has 3 heteroatoms. The summed E-state index contributed by atoms with van der Waals surface area (Å²) < 4.78 is 13.2. The van der Waals surface area contributed by atoms with Gasteiger partial charge in [0.25, 0.3) is 0 Å². The number of hydrogen-bond donors (Lipinski definition) is 1. The highest BCUT2D eigenvalue weighted by Crippen LogP contribution is 2.15. The first-order chi connectivity index (χ1) is 9.20. The van der Waals surface area contributed by atoms with Gasteiger partial charge in [-0.1, -0.05) is 30.3 Å². The molecular weight excluding hydrogens is 239 g/mol. The molecule has 0 aliphatic carbocycles. The van der Waals surface area contributed by atoms with Gasteiger partial charge in [-0.3, -0.25) is 0 Å². The third-order valence-corrected chi connectivity index (χ3v) is 3.09. The second-order valence-electron chi connectivity index (χ2n) is 4.43. The first-order valence-electron chi connectivity index (χ1n) is 6.17. The third-order valence-electron chi connectivity index (χ3n) is 3.09. The van der Waals surface area contributed by atoms with Gasteiger partial charge < -0.3 is 5.32 Å². The number of rotatable bonds is 4. The van der Waals surface area contributed by atoms with Crippen molar-refractivity contribution in [2.45, 2.75) is 19.5 Å². The van der Waals surface area contributed by atoms with E-state index < -0.39 is 0 Å². The molecule has 0 aliphatic heterocycles. The van der Waals surface area contributed by atoms with Crippen molar-refractivity contribution in [3.63, 3.8) is 0 Å². The number of halogens is 1. The molecule has 0 fully saturated rings. The van der Waals surface area contributed by atoms with Crippen LogP contribution in [0.1, 0.15) is 29.7 Å². The van der Waals surface area contributed by atoms with Crippen LogP contribution in [0, 0.1) is 17.1 Å². The van der Waals surface area contributed by atoms with Crippen LogP contribution in [0.15, 0.2) is 48.5 Å². The maximum atomic E-state index is 13.2. The van der Waals surface area contributed by atoms with Crippen LogP contribution in [-0.4, -0.2) is 0 Å². The number of benzene rings is 2. The molecule has 1 N–H and O–H groups in total. The normalized spacial score (nSPS) is 11.8. The Morgan fingerprint density at radius 1 is 1.21 bits per heavy atom. The van der Waals surface area contributed by atoms with Gasteiger partial charge in [0.05, 0.1) is 11.6 Å². The lowest BCUT2D eigenvalue weighted by atomic mass is 10.1. The molecule has 0 amide bonds. The Labute approximate surface area is 112 Å². The van der Waals surface area contributed by atoms with Gasteiger partial charge in [0.15, 0.2) is 0 Å². The molecule has 2 rings (SSSR count). The summed E-state index contributed by atoms with van der Waals surface area (Å²) in [5, 5.41) is 12.3. The van der Waals surface area contributed by atoms with Crippen molar-refractivity contribution >= 4 is 0 Å². The molecule has 0 radical (unpaired) electrons. The topological polar surface area (TPSA) is 35.8 Å². The van der Waals surface area contributed by atoms with Crippen molar-refractivity contribution < 1.29 is 4.39 Å². The molecule has 0 aromatic heterocycles. The van der Waals surface area contributed by atoms with Gasteiger partial charge in [-0.15, -0.1) is 0 Å². The van der Waals surface area contributed by atoms with E-state index in [1.165, 1.54) is 18.2 Å².